The molecule has 0 saturated carbocycles. The molecule has 112 valence electrons. The van der Waals surface area contributed by atoms with Crippen LogP contribution in [0.5, 0.6) is 5.75 Å². The van der Waals surface area contributed by atoms with Crippen molar-refractivity contribution in [3.8, 4) is 5.75 Å². The maximum absolute atomic E-state index is 12.2. The van der Waals surface area contributed by atoms with Gasteiger partial charge in [0.25, 0.3) is 5.91 Å². The average molecular weight is 304 g/mol. The zero-order valence-electron chi connectivity index (χ0n) is 12.8. The van der Waals surface area contributed by atoms with Crippen molar-refractivity contribution in [1.29, 1.82) is 0 Å². The zero-order valence-corrected chi connectivity index (χ0v) is 13.6. The summed E-state index contributed by atoms with van der Waals surface area (Å²) in [5.41, 5.74) is 0.488. The minimum atomic E-state index is -0.256. The van der Waals surface area contributed by atoms with E-state index in [1.807, 2.05) is 58.0 Å². The number of aryl methyl sites for hydroxylation is 1. The zero-order chi connectivity index (χ0) is 15.5. The fourth-order valence-electron chi connectivity index (χ4n) is 1.78. The molecule has 1 heterocycles. The van der Waals surface area contributed by atoms with E-state index in [0.717, 1.165) is 16.5 Å². The number of aromatic nitrogens is 1. The molecule has 5 heteroatoms. The molecule has 0 atom stereocenters. The van der Waals surface area contributed by atoms with Crippen LogP contribution in [-0.4, -0.2) is 16.4 Å². The molecule has 0 radical (unpaired) electrons. The van der Waals surface area contributed by atoms with E-state index >= 15 is 0 Å². The molecule has 0 fully saturated rings. The van der Waals surface area contributed by atoms with Gasteiger partial charge in [0, 0.05) is 5.54 Å². The Bertz CT molecular complexity index is 615. The van der Waals surface area contributed by atoms with E-state index in [2.05, 4.69) is 10.3 Å². The third-order valence-electron chi connectivity index (χ3n) is 2.64. The molecule has 0 spiro atoms. The van der Waals surface area contributed by atoms with Crippen LogP contribution in [0.2, 0.25) is 0 Å². The standard InChI is InChI=1S/C16H20N2O2S/c1-11-14(15(19)18-16(2,3)4)21-13(17-11)10-20-12-8-6-5-7-9-12/h5-9H,10H2,1-4H3,(H,18,19). The second-order valence-electron chi connectivity index (χ2n) is 5.83. The van der Waals surface area contributed by atoms with E-state index in [9.17, 15) is 4.79 Å². The van der Waals surface area contributed by atoms with E-state index in [1.54, 1.807) is 0 Å². The predicted octanol–water partition coefficient (Wildman–Crippen LogP) is 3.56. The van der Waals surface area contributed by atoms with Gasteiger partial charge in [0.1, 0.15) is 22.2 Å². The fourth-order valence-corrected chi connectivity index (χ4v) is 2.66. The molecule has 0 aliphatic carbocycles. The van der Waals surface area contributed by atoms with Crippen LogP contribution in [0.3, 0.4) is 0 Å². The van der Waals surface area contributed by atoms with Crippen LogP contribution >= 0.6 is 11.3 Å². The lowest BCUT2D eigenvalue weighted by atomic mass is 10.1. The smallest absolute Gasteiger partial charge is 0.263 e. The second-order valence-corrected chi connectivity index (χ2v) is 6.91. The molecular formula is C16H20N2O2S. The minimum absolute atomic E-state index is 0.0801. The number of ether oxygens (including phenoxy) is 1. The highest BCUT2D eigenvalue weighted by atomic mass is 32.1. The number of thiazole rings is 1. The number of carbonyl (C=O) groups is 1. The highest BCUT2D eigenvalue weighted by molar-refractivity contribution is 7.13. The normalized spacial score (nSPS) is 11.2. The first-order valence-electron chi connectivity index (χ1n) is 6.82. The van der Waals surface area contributed by atoms with Crippen LogP contribution in [0.1, 0.15) is 41.1 Å². The first-order chi connectivity index (χ1) is 9.85. The van der Waals surface area contributed by atoms with Gasteiger partial charge < -0.3 is 10.1 Å². The van der Waals surface area contributed by atoms with E-state index in [0.29, 0.717) is 11.5 Å². The number of nitrogens with one attached hydrogen (secondary N) is 1. The van der Waals surface area contributed by atoms with Crippen LogP contribution in [0.25, 0.3) is 0 Å². The molecule has 2 aromatic rings. The highest BCUT2D eigenvalue weighted by Crippen LogP contribution is 2.21. The summed E-state index contributed by atoms with van der Waals surface area (Å²) in [6.45, 7) is 8.10. The number of amides is 1. The second kappa shape index (κ2) is 6.26. The molecule has 0 saturated heterocycles. The van der Waals surface area contributed by atoms with Crippen molar-refractivity contribution in [2.24, 2.45) is 0 Å². The average Bonchev–Trinajstić information content (AvgIpc) is 2.77. The van der Waals surface area contributed by atoms with Crippen LogP contribution in [-0.2, 0) is 6.61 Å². The fraction of sp³-hybridized carbons (Fsp3) is 0.375. The Kier molecular flexibility index (Phi) is 4.63. The maximum atomic E-state index is 12.2. The lowest BCUT2D eigenvalue weighted by molar-refractivity contribution is 0.0923. The number of carbonyl (C=O) groups excluding carboxylic acids is 1. The van der Waals surface area contributed by atoms with Crippen LogP contribution in [0.15, 0.2) is 30.3 Å². The van der Waals surface area contributed by atoms with Crippen molar-refractivity contribution in [2.45, 2.75) is 39.8 Å². The number of hydrogen-bond acceptors (Lipinski definition) is 4. The summed E-state index contributed by atoms with van der Waals surface area (Å²) >= 11 is 1.38. The van der Waals surface area contributed by atoms with Crippen molar-refractivity contribution in [1.82, 2.24) is 10.3 Å². The van der Waals surface area contributed by atoms with Crippen LogP contribution < -0.4 is 10.1 Å². The van der Waals surface area contributed by atoms with E-state index < -0.39 is 0 Å². The topological polar surface area (TPSA) is 51.2 Å². The van der Waals surface area contributed by atoms with Gasteiger partial charge in [0.15, 0.2) is 0 Å². The molecular weight excluding hydrogens is 284 g/mol. The van der Waals surface area contributed by atoms with Gasteiger partial charge >= 0.3 is 0 Å². The molecule has 2 rings (SSSR count). The van der Waals surface area contributed by atoms with Gasteiger partial charge in [-0.15, -0.1) is 11.3 Å². The van der Waals surface area contributed by atoms with E-state index in [4.69, 9.17) is 4.74 Å². The number of hydrogen-bond donors (Lipinski definition) is 1. The third-order valence-corrected chi connectivity index (χ3v) is 3.77. The van der Waals surface area contributed by atoms with Gasteiger partial charge in [-0.05, 0) is 39.8 Å². The van der Waals surface area contributed by atoms with E-state index in [1.165, 1.54) is 11.3 Å². The first-order valence-corrected chi connectivity index (χ1v) is 7.63. The summed E-state index contributed by atoms with van der Waals surface area (Å²) in [7, 11) is 0. The molecule has 0 aliphatic heterocycles. The summed E-state index contributed by atoms with van der Waals surface area (Å²) < 4.78 is 5.66. The Labute approximate surface area is 129 Å². The molecule has 4 nitrogen and oxygen atoms in total. The number of rotatable bonds is 4. The van der Waals surface area contributed by atoms with E-state index in [-0.39, 0.29) is 11.4 Å². The number of benzene rings is 1. The van der Waals surface area contributed by atoms with Crippen LogP contribution in [0, 0.1) is 6.92 Å². The van der Waals surface area contributed by atoms with Crippen molar-refractivity contribution < 1.29 is 9.53 Å². The molecule has 1 amide bonds. The van der Waals surface area contributed by atoms with Gasteiger partial charge in [0.2, 0.25) is 0 Å². The Morgan fingerprint density at radius 3 is 2.57 bits per heavy atom. The summed E-state index contributed by atoms with van der Waals surface area (Å²) in [5, 5.41) is 3.76. The Morgan fingerprint density at radius 2 is 1.95 bits per heavy atom. The Morgan fingerprint density at radius 1 is 1.29 bits per heavy atom. The molecule has 0 bridgehead atoms. The van der Waals surface area contributed by atoms with Crippen molar-refractivity contribution in [3.63, 3.8) is 0 Å². The molecule has 0 unspecified atom stereocenters. The minimum Gasteiger partial charge on any atom is -0.486 e. The number of nitrogens with zero attached hydrogens (tertiary/aromatic N) is 1. The summed E-state index contributed by atoms with van der Waals surface area (Å²) in [5.74, 6) is 0.717. The van der Waals surface area contributed by atoms with Crippen molar-refractivity contribution in [3.05, 3.63) is 45.9 Å². The highest BCUT2D eigenvalue weighted by Gasteiger charge is 2.20. The van der Waals surface area contributed by atoms with Crippen LogP contribution in [0.4, 0.5) is 0 Å². The summed E-state index contributed by atoms with van der Waals surface area (Å²) in [6.07, 6.45) is 0. The van der Waals surface area contributed by atoms with Gasteiger partial charge in [0.05, 0.1) is 5.69 Å². The molecule has 1 N–H and O–H groups in total. The van der Waals surface area contributed by atoms with Gasteiger partial charge in [-0.25, -0.2) is 4.98 Å². The summed E-state index contributed by atoms with van der Waals surface area (Å²) in [4.78, 5) is 17.2. The first kappa shape index (κ1) is 15.5. The third kappa shape index (κ3) is 4.56. The molecule has 0 aliphatic rings. The predicted molar refractivity (Wildman–Crippen MR) is 84.8 cm³/mol. The number of para-hydroxylation sites is 1. The van der Waals surface area contributed by atoms with Crippen molar-refractivity contribution >= 4 is 17.2 Å². The van der Waals surface area contributed by atoms with Crippen molar-refractivity contribution in [2.75, 3.05) is 0 Å². The Hall–Kier alpha value is -1.88. The Balaban J connectivity index is 2.04. The lowest BCUT2D eigenvalue weighted by Gasteiger charge is -2.19. The molecule has 1 aromatic heterocycles. The SMILES string of the molecule is Cc1nc(COc2ccccc2)sc1C(=O)NC(C)(C)C. The maximum Gasteiger partial charge on any atom is 0.263 e. The van der Waals surface area contributed by atoms with Gasteiger partial charge in [-0.1, -0.05) is 18.2 Å². The molecule has 1 aromatic carbocycles. The summed E-state index contributed by atoms with van der Waals surface area (Å²) in [6, 6.07) is 9.58. The quantitative estimate of drug-likeness (QED) is 0.939. The monoisotopic (exact) mass is 304 g/mol. The van der Waals surface area contributed by atoms with Gasteiger partial charge in [-0.3, -0.25) is 4.79 Å². The lowest BCUT2D eigenvalue weighted by Crippen LogP contribution is -2.40. The largest absolute Gasteiger partial charge is 0.486 e. The molecule has 21 heavy (non-hydrogen) atoms. The van der Waals surface area contributed by atoms with Gasteiger partial charge in [-0.2, -0.15) is 0 Å².